The van der Waals surface area contributed by atoms with Crippen molar-refractivity contribution in [3.05, 3.63) is 34.9 Å². The van der Waals surface area contributed by atoms with Gasteiger partial charge in [0.25, 0.3) is 0 Å². The molecule has 0 radical (unpaired) electrons. The largest absolute Gasteiger partial charge is 0.396 e. The molecule has 2 rings (SSSR count). The molecule has 0 bridgehead atoms. The van der Waals surface area contributed by atoms with E-state index in [1.54, 1.807) is 0 Å². The van der Waals surface area contributed by atoms with E-state index >= 15 is 0 Å². The van der Waals surface area contributed by atoms with Crippen molar-refractivity contribution in [2.75, 3.05) is 26.3 Å². The zero-order valence-electron chi connectivity index (χ0n) is 11.2. The molecular formula is C15H22ClNO2. The van der Waals surface area contributed by atoms with Gasteiger partial charge in [0.1, 0.15) is 0 Å². The SMILES string of the molecule is OCCCOC1CCN(Cc2cccc(Cl)c2)CC1. The molecule has 1 fully saturated rings. The van der Waals surface area contributed by atoms with E-state index in [1.165, 1.54) is 5.56 Å². The maximum atomic E-state index is 8.73. The molecule has 0 aromatic heterocycles. The van der Waals surface area contributed by atoms with Crippen LogP contribution < -0.4 is 0 Å². The van der Waals surface area contributed by atoms with Gasteiger partial charge in [-0.15, -0.1) is 0 Å². The van der Waals surface area contributed by atoms with Gasteiger partial charge in [-0.1, -0.05) is 23.7 Å². The van der Waals surface area contributed by atoms with E-state index in [4.69, 9.17) is 21.4 Å². The molecule has 1 heterocycles. The highest BCUT2D eigenvalue weighted by molar-refractivity contribution is 6.30. The van der Waals surface area contributed by atoms with Crippen LogP contribution in [0.3, 0.4) is 0 Å². The van der Waals surface area contributed by atoms with E-state index in [9.17, 15) is 0 Å². The summed E-state index contributed by atoms with van der Waals surface area (Å²) in [7, 11) is 0. The highest BCUT2D eigenvalue weighted by Crippen LogP contribution is 2.18. The smallest absolute Gasteiger partial charge is 0.0599 e. The summed E-state index contributed by atoms with van der Waals surface area (Å²) >= 11 is 6.00. The highest BCUT2D eigenvalue weighted by atomic mass is 35.5. The number of piperidine rings is 1. The summed E-state index contributed by atoms with van der Waals surface area (Å²) in [5.74, 6) is 0. The number of likely N-dealkylation sites (tertiary alicyclic amines) is 1. The molecule has 0 atom stereocenters. The first-order valence-corrected chi connectivity index (χ1v) is 7.35. The minimum absolute atomic E-state index is 0.216. The number of ether oxygens (including phenoxy) is 1. The van der Waals surface area contributed by atoms with Crippen LogP contribution in [0.2, 0.25) is 5.02 Å². The van der Waals surface area contributed by atoms with Gasteiger partial charge in [-0.3, -0.25) is 4.90 Å². The molecular weight excluding hydrogens is 262 g/mol. The van der Waals surface area contributed by atoms with Crippen molar-refractivity contribution in [1.82, 2.24) is 4.90 Å². The minimum Gasteiger partial charge on any atom is -0.396 e. The molecule has 1 aromatic carbocycles. The number of aliphatic hydroxyl groups is 1. The molecule has 0 aliphatic carbocycles. The number of halogens is 1. The Hall–Kier alpha value is -0.610. The molecule has 0 saturated carbocycles. The van der Waals surface area contributed by atoms with E-state index in [-0.39, 0.29) is 6.61 Å². The Morgan fingerprint density at radius 3 is 2.79 bits per heavy atom. The average Bonchev–Trinajstić information content (AvgIpc) is 2.41. The van der Waals surface area contributed by atoms with E-state index in [1.807, 2.05) is 18.2 Å². The van der Waals surface area contributed by atoms with Crippen molar-refractivity contribution in [1.29, 1.82) is 0 Å². The Morgan fingerprint density at radius 1 is 1.32 bits per heavy atom. The Balaban J connectivity index is 1.71. The summed E-state index contributed by atoms with van der Waals surface area (Å²) in [5.41, 5.74) is 1.27. The van der Waals surface area contributed by atoms with E-state index in [0.717, 1.165) is 43.9 Å². The molecule has 1 aromatic rings. The zero-order chi connectivity index (χ0) is 13.5. The van der Waals surface area contributed by atoms with Crippen molar-refractivity contribution in [2.24, 2.45) is 0 Å². The van der Waals surface area contributed by atoms with Gasteiger partial charge in [0.05, 0.1) is 6.10 Å². The van der Waals surface area contributed by atoms with Crippen molar-refractivity contribution in [3.63, 3.8) is 0 Å². The quantitative estimate of drug-likeness (QED) is 0.815. The second-order valence-electron chi connectivity index (χ2n) is 5.05. The number of aliphatic hydroxyl groups excluding tert-OH is 1. The van der Waals surface area contributed by atoms with Crippen LogP contribution in [-0.2, 0) is 11.3 Å². The normalized spacial score (nSPS) is 17.8. The summed E-state index contributed by atoms with van der Waals surface area (Å²) in [6.45, 7) is 3.99. The average molecular weight is 284 g/mol. The first kappa shape index (κ1) is 14.8. The summed E-state index contributed by atoms with van der Waals surface area (Å²) in [6.07, 6.45) is 3.25. The lowest BCUT2D eigenvalue weighted by Gasteiger charge is -2.31. The van der Waals surface area contributed by atoms with Gasteiger partial charge in [-0.05, 0) is 37.0 Å². The summed E-state index contributed by atoms with van der Waals surface area (Å²) in [4.78, 5) is 2.44. The van der Waals surface area contributed by atoms with Crippen molar-refractivity contribution in [3.8, 4) is 0 Å². The number of hydrogen-bond donors (Lipinski definition) is 1. The van der Waals surface area contributed by atoms with Crippen LogP contribution in [0, 0.1) is 0 Å². The molecule has 19 heavy (non-hydrogen) atoms. The monoisotopic (exact) mass is 283 g/mol. The van der Waals surface area contributed by atoms with Gasteiger partial charge in [0.2, 0.25) is 0 Å². The Labute approximate surface area is 120 Å². The lowest BCUT2D eigenvalue weighted by molar-refractivity contribution is 0.000786. The second kappa shape index (κ2) is 7.85. The predicted octanol–water partition coefficient (Wildman–Crippen LogP) is 2.70. The van der Waals surface area contributed by atoms with Crippen molar-refractivity contribution in [2.45, 2.75) is 31.9 Å². The topological polar surface area (TPSA) is 32.7 Å². The number of hydrogen-bond acceptors (Lipinski definition) is 3. The standard InChI is InChI=1S/C15H22ClNO2/c16-14-4-1-3-13(11-14)12-17-7-5-15(6-8-17)19-10-2-9-18/h1,3-4,11,15,18H,2,5-10,12H2. The molecule has 1 aliphatic heterocycles. The molecule has 0 spiro atoms. The first-order valence-electron chi connectivity index (χ1n) is 6.97. The maximum Gasteiger partial charge on any atom is 0.0599 e. The number of rotatable bonds is 6. The predicted molar refractivity (Wildman–Crippen MR) is 77.4 cm³/mol. The van der Waals surface area contributed by atoms with Crippen LogP contribution in [0.4, 0.5) is 0 Å². The lowest BCUT2D eigenvalue weighted by Crippen LogP contribution is -2.36. The minimum atomic E-state index is 0.216. The molecule has 106 valence electrons. The van der Waals surface area contributed by atoms with Crippen molar-refractivity contribution < 1.29 is 9.84 Å². The number of benzene rings is 1. The molecule has 1 N–H and O–H groups in total. The van der Waals surface area contributed by atoms with Crippen LogP contribution in [0.1, 0.15) is 24.8 Å². The molecule has 4 heteroatoms. The summed E-state index contributed by atoms with van der Waals surface area (Å²) in [6, 6.07) is 8.07. The fourth-order valence-corrected chi connectivity index (χ4v) is 2.66. The van der Waals surface area contributed by atoms with Gasteiger partial charge in [0, 0.05) is 37.9 Å². The Kier molecular flexibility index (Phi) is 6.11. The second-order valence-corrected chi connectivity index (χ2v) is 5.49. The van der Waals surface area contributed by atoms with Gasteiger partial charge in [-0.2, -0.15) is 0 Å². The fourth-order valence-electron chi connectivity index (χ4n) is 2.44. The Bertz CT molecular complexity index is 378. The first-order chi connectivity index (χ1) is 9.28. The third-order valence-corrected chi connectivity index (χ3v) is 3.72. The van der Waals surface area contributed by atoms with Crippen LogP contribution in [0.15, 0.2) is 24.3 Å². The van der Waals surface area contributed by atoms with Crippen molar-refractivity contribution >= 4 is 11.6 Å². The summed E-state index contributed by atoms with van der Waals surface area (Å²) < 4.78 is 5.73. The maximum absolute atomic E-state index is 8.73. The van der Waals surface area contributed by atoms with Gasteiger partial charge < -0.3 is 9.84 Å². The zero-order valence-corrected chi connectivity index (χ0v) is 12.0. The highest BCUT2D eigenvalue weighted by Gasteiger charge is 2.19. The van der Waals surface area contributed by atoms with Gasteiger partial charge >= 0.3 is 0 Å². The third kappa shape index (κ3) is 5.11. The van der Waals surface area contributed by atoms with Gasteiger partial charge in [-0.25, -0.2) is 0 Å². The van der Waals surface area contributed by atoms with E-state index in [2.05, 4.69) is 11.0 Å². The molecule has 1 saturated heterocycles. The third-order valence-electron chi connectivity index (χ3n) is 3.49. The lowest BCUT2D eigenvalue weighted by atomic mass is 10.1. The van der Waals surface area contributed by atoms with Gasteiger partial charge in [0.15, 0.2) is 0 Å². The van der Waals surface area contributed by atoms with Crippen LogP contribution in [0.5, 0.6) is 0 Å². The van der Waals surface area contributed by atoms with Crippen LogP contribution >= 0.6 is 11.6 Å². The van der Waals surface area contributed by atoms with Crippen LogP contribution in [-0.4, -0.2) is 42.4 Å². The molecule has 1 aliphatic rings. The molecule has 0 unspecified atom stereocenters. The Morgan fingerprint density at radius 2 is 2.11 bits per heavy atom. The fraction of sp³-hybridized carbons (Fsp3) is 0.600. The molecule has 3 nitrogen and oxygen atoms in total. The number of nitrogens with zero attached hydrogens (tertiary/aromatic N) is 1. The van der Waals surface area contributed by atoms with E-state index < -0.39 is 0 Å². The van der Waals surface area contributed by atoms with Crippen LogP contribution in [0.25, 0.3) is 0 Å². The molecule has 0 amide bonds. The summed E-state index contributed by atoms with van der Waals surface area (Å²) in [5, 5.41) is 9.53. The van der Waals surface area contributed by atoms with E-state index in [0.29, 0.717) is 12.7 Å².